The van der Waals surface area contributed by atoms with Crippen molar-refractivity contribution < 1.29 is 14.3 Å². The molecule has 2 heterocycles. The van der Waals surface area contributed by atoms with Gasteiger partial charge in [0.2, 0.25) is 5.91 Å². The third kappa shape index (κ3) is 4.48. The summed E-state index contributed by atoms with van der Waals surface area (Å²) in [6.45, 7) is 3.80. The van der Waals surface area contributed by atoms with Gasteiger partial charge in [-0.3, -0.25) is 14.5 Å². The molecule has 9 heteroatoms. The van der Waals surface area contributed by atoms with Crippen LogP contribution >= 0.6 is 0 Å². The molecule has 1 aromatic carbocycles. The van der Waals surface area contributed by atoms with E-state index in [1.54, 1.807) is 47.2 Å². The standard InChI is InChI=1S/C19H25FN6O2/c1-3-21-19(22-11-17(27)15-6-4-5-7-16(15)20)25-8-9-26(18(28)13-25)14-10-23-24(2)12-14/h4-7,10,12,17,27H,3,8-9,11,13H2,1-2H3,(H,21,22). The first-order valence-corrected chi connectivity index (χ1v) is 9.24. The lowest BCUT2D eigenvalue weighted by atomic mass is 10.1. The minimum Gasteiger partial charge on any atom is -0.386 e. The molecular formula is C19H25FN6O2. The van der Waals surface area contributed by atoms with Crippen molar-refractivity contribution in [2.24, 2.45) is 12.0 Å². The van der Waals surface area contributed by atoms with Gasteiger partial charge < -0.3 is 20.2 Å². The molecule has 1 aliphatic heterocycles. The number of aliphatic hydroxyl groups excluding tert-OH is 1. The largest absolute Gasteiger partial charge is 0.386 e. The van der Waals surface area contributed by atoms with Crippen LogP contribution in [-0.2, 0) is 11.8 Å². The van der Waals surface area contributed by atoms with Crippen LogP contribution in [0.2, 0.25) is 0 Å². The molecule has 3 rings (SSSR count). The molecule has 0 bridgehead atoms. The summed E-state index contributed by atoms with van der Waals surface area (Å²) in [7, 11) is 1.81. The van der Waals surface area contributed by atoms with Crippen molar-refractivity contribution in [3.05, 3.63) is 48.0 Å². The SMILES string of the molecule is CCNC(=NCC(O)c1ccccc1F)N1CCN(c2cnn(C)c2)C(=O)C1. The molecule has 2 aromatic rings. The van der Waals surface area contributed by atoms with Crippen molar-refractivity contribution in [2.75, 3.05) is 37.6 Å². The van der Waals surface area contributed by atoms with Gasteiger partial charge >= 0.3 is 0 Å². The highest BCUT2D eigenvalue weighted by atomic mass is 19.1. The second kappa shape index (κ2) is 8.83. The number of aliphatic imine (C=N–C) groups is 1. The van der Waals surface area contributed by atoms with Crippen LogP contribution in [0.4, 0.5) is 10.1 Å². The zero-order valence-corrected chi connectivity index (χ0v) is 16.0. The quantitative estimate of drug-likeness (QED) is 0.587. The van der Waals surface area contributed by atoms with Crippen LogP contribution in [-0.4, -0.2) is 64.4 Å². The number of aromatic nitrogens is 2. The van der Waals surface area contributed by atoms with Crippen molar-refractivity contribution in [3.8, 4) is 0 Å². The first-order valence-electron chi connectivity index (χ1n) is 9.24. The summed E-state index contributed by atoms with van der Waals surface area (Å²) in [5.74, 6) is 0.00652. The highest BCUT2D eigenvalue weighted by Gasteiger charge is 2.27. The van der Waals surface area contributed by atoms with Gasteiger partial charge in [0.1, 0.15) is 18.5 Å². The fourth-order valence-corrected chi connectivity index (χ4v) is 3.12. The van der Waals surface area contributed by atoms with E-state index in [1.165, 1.54) is 6.07 Å². The van der Waals surface area contributed by atoms with E-state index in [0.29, 0.717) is 25.6 Å². The van der Waals surface area contributed by atoms with Gasteiger partial charge in [0.25, 0.3) is 0 Å². The topological polar surface area (TPSA) is 86.0 Å². The number of anilines is 1. The van der Waals surface area contributed by atoms with E-state index in [-0.39, 0.29) is 24.6 Å². The van der Waals surface area contributed by atoms with Crippen LogP contribution in [0.5, 0.6) is 0 Å². The summed E-state index contributed by atoms with van der Waals surface area (Å²) in [5, 5.41) is 17.5. The summed E-state index contributed by atoms with van der Waals surface area (Å²) in [6, 6.07) is 6.10. The molecule has 2 N–H and O–H groups in total. The predicted molar refractivity (Wildman–Crippen MR) is 104 cm³/mol. The molecule has 8 nitrogen and oxygen atoms in total. The molecule has 150 valence electrons. The Hall–Kier alpha value is -2.94. The van der Waals surface area contributed by atoms with Gasteiger partial charge in [0.15, 0.2) is 5.96 Å². The second-order valence-electron chi connectivity index (χ2n) is 6.57. The fourth-order valence-electron chi connectivity index (χ4n) is 3.12. The van der Waals surface area contributed by atoms with Crippen molar-refractivity contribution in [1.29, 1.82) is 0 Å². The first-order chi connectivity index (χ1) is 13.5. The van der Waals surface area contributed by atoms with Crippen molar-refractivity contribution >= 4 is 17.6 Å². The molecule has 1 aromatic heterocycles. The lowest BCUT2D eigenvalue weighted by Crippen LogP contribution is -2.55. The molecular weight excluding hydrogens is 363 g/mol. The normalized spacial score (nSPS) is 16.4. The molecule has 0 aliphatic carbocycles. The number of carbonyl (C=O) groups excluding carboxylic acids is 1. The summed E-state index contributed by atoms with van der Waals surface area (Å²) in [6.07, 6.45) is 2.41. The lowest BCUT2D eigenvalue weighted by molar-refractivity contribution is -0.120. The molecule has 1 atom stereocenters. The van der Waals surface area contributed by atoms with Crippen molar-refractivity contribution in [3.63, 3.8) is 0 Å². The van der Waals surface area contributed by atoms with E-state index >= 15 is 0 Å². The van der Waals surface area contributed by atoms with Crippen LogP contribution < -0.4 is 10.2 Å². The maximum Gasteiger partial charge on any atom is 0.246 e. The third-order valence-electron chi connectivity index (χ3n) is 4.54. The zero-order chi connectivity index (χ0) is 20.1. The number of piperazine rings is 1. The van der Waals surface area contributed by atoms with Gasteiger partial charge in [-0.1, -0.05) is 18.2 Å². The average Bonchev–Trinajstić information content (AvgIpc) is 3.11. The predicted octanol–water partition coefficient (Wildman–Crippen LogP) is 0.907. The molecule has 1 aliphatic rings. The maximum atomic E-state index is 13.8. The Labute approximate surface area is 163 Å². The van der Waals surface area contributed by atoms with Gasteiger partial charge in [-0.15, -0.1) is 0 Å². The van der Waals surface area contributed by atoms with Crippen LogP contribution in [0.25, 0.3) is 0 Å². The highest BCUT2D eigenvalue weighted by molar-refractivity contribution is 5.98. The van der Waals surface area contributed by atoms with Crippen LogP contribution in [0, 0.1) is 5.82 Å². The van der Waals surface area contributed by atoms with Gasteiger partial charge in [0, 0.05) is 38.4 Å². The highest BCUT2D eigenvalue weighted by Crippen LogP contribution is 2.18. The third-order valence-corrected chi connectivity index (χ3v) is 4.54. The van der Waals surface area contributed by atoms with Crippen molar-refractivity contribution in [2.45, 2.75) is 13.0 Å². The van der Waals surface area contributed by atoms with Crippen LogP contribution in [0.15, 0.2) is 41.7 Å². The van der Waals surface area contributed by atoms with Gasteiger partial charge in [-0.25, -0.2) is 4.39 Å². The zero-order valence-electron chi connectivity index (χ0n) is 16.0. The molecule has 0 radical (unpaired) electrons. The van der Waals surface area contributed by atoms with Crippen LogP contribution in [0.1, 0.15) is 18.6 Å². The fraction of sp³-hybridized carbons (Fsp3) is 0.421. The Morgan fingerprint density at radius 2 is 2.18 bits per heavy atom. The minimum atomic E-state index is -1.05. The van der Waals surface area contributed by atoms with E-state index in [9.17, 15) is 14.3 Å². The first kappa shape index (κ1) is 19.8. The number of hydrogen-bond acceptors (Lipinski definition) is 4. The number of halogens is 1. The van der Waals surface area contributed by atoms with Crippen molar-refractivity contribution in [1.82, 2.24) is 20.0 Å². The molecule has 1 saturated heterocycles. The smallest absolute Gasteiger partial charge is 0.246 e. The van der Waals surface area contributed by atoms with E-state index in [0.717, 1.165) is 5.69 Å². The lowest BCUT2D eigenvalue weighted by Gasteiger charge is -2.35. The average molecular weight is 388 g/mol. The molecule has 28 heavy (non-hydrogen) atoms. The van der Waals surface area contributed by atoms with Crippen LogP contribution in [0.3, 0.4) is 0 Å². The number of hydrogen-bond donors (Lipinski definition) is 2. The Bertz CT molecular complexity index is 852. The van der Waals surface area contributed by atoms with E-state index in [2.05, 4.69) is 15.4 Å². The second-order valence-corrected chi connectivity index (χ2v) is 6.57. The molecule has 1 amide bonds. The Morgan fingerprint density at radius 3 is 2.82 bits per heavy atom. The van der Waals surface area contributed by atoms with E-state index in [1.807, 2.05) is 11.8 Å². The van der Waals surface area contributed by atoms with Gasteiger partial charge in [-0.05, 0) is 13.0 Å². The number of amides is 1. The number of rotatable bonds is 5. The molecule has 0 spiro atoms. The number of aryl methyl sites for hydroxylation is 1. The van der Waals surface area contributed by atoms with Gasteiger partial charge in [-0.2, -0.15) is 5.10 Å². The minimum absolute atomic E-state index is 0.000274. The monoisotopic (exact) mass is 388 g/mol. The molecule has 1 fully saturated rings. The summed E-state index contributed by atoms with van der Waals surface area (Å²) < 4.78 is 15.5. The number of carbonyl (C=O) groups is 1. The Kier molecular flexibility index (Phi) is 6.25. The Balaban J connectivity index is 1.68. The number of nitrogens with zero attached hydrogens (tertiary/aromatic N) is 5. The number of nitrogens with one attached hydrogen (secondary N) is 1. The summed E-state index contributed by atoms with van der Waals surface area (Å²) in [5.41, 5.74) is 0.976. The number of guanidine groups is 1. The van der Waals surface area contributed by atoms with E-state index < -0.39 is 11.9 Å². The summed E-state index contributed by atoms with van der Waals surface area (Å²) in [4.78, 5) is 20.5. The van der Waals surface area contributed by atoms with Gasteiger partial charge in [0.05, 0.1) is 18.4 Å². The van der Waals surface area contributed by atoms with E-state index in [4.69, 9.17) is 0 Å². The molecule has 1 unspecified atom stereocenters. The number of aliphatic hydroxyl groups is 1. The number of benzene rings is 1. The maximum absolute atomic E-state index is 13.8. The molecule has 0 saturated carbocycles. The summed E-state index contributed by atoms with van der Waals surface area (Å²) >= 11 is 0. The Morgan fingerprint density at radius 1 is 1.39 bits per heavy atom.